The molecule has 1 aliphatic heterocycles. The highest BCUT2D eigenvalue weighted by molar-refractivity contribution is 6.46. The van der Waals surface area contributed by atoms with Crippen LogP contribution in [0, 0.1) is 13.8 Å². The number of ketones is 1. The van der Waals surface area contributed by atoms with Gasteiger partial charge < -0.3 is 14.7 Å². The van der Waals surface area contributed by atoms with E-state index in [4.69, 9.17) is 4.74 Å². The first-order valence-electron chi connectivity index (χ1n) is 11.5. The lowest BCUT2D eigenvalue weighted by Gasteiger charge is -2.26. The average Bonchev–Trinajstić information content (AvgIpc) is 3.03. The maximum Gasteiger partial charge on any atom is 0.295 e. The second-order valence-corrected chi connectivity index (χ2v) is 8.38. The van der Waals surface area contributed by atoms with Crippen molar-refractivity contribution in [1.82, 2.24) is 4.90 Å². The van der Waals surface area contributed by atoms with Crippen LogP contribution in [-0.2, 0) is 9.59 Å². The van der Waals surface area contributed by atoms with Gasteiger partial charge in [0.1, 0.15) is 11.5 Å². The molecular weight excluding hydrogens is 402 g/mol. The molecule has 1 unspecified atom stereocenters. The Labute approximate surface area is 190 Å². The molecular formula is C27H33NO4. The van der Waals surface area contributed by atoms with Gasteiger partial charge in [-0.2, -0.15) is 0 Å². The maximum absolute atomic E-state index is 13.1. The lowest BCUT2D eigenvalue weighted by molar-refractivity contribution is -0.139. The number of ether oxygens (including phenoxy) is 1. The molecule has 3 rings (SSSR count). The van der Waals surface area contributed by atoms with Crippen molar-refractivity contribution in [2.75, 3.05) is 13.2 Å². The highest BCUT2D eigenvalue weighted by atomic mass is 16.5. The molecule has 2 aromatic carbocycles. The van der Waals surface area contributed by atoms with Crippen molar-refractivity contribution in [2.24, 2.45) is 0 Å². The summed E-state index contributed by atoms with van der Waals surface area (Å²) in [5.74, 6) is -0.564. The smallest absolute Gasteiger partial charge is 0.295 e. The molecule has 170 valence electrons. The number of unbranched alkanes of at least 4 members (excludes halogenated alkanes) is 2. The van der Waals surface area contributed by atoms with Crippen LogP contribution in [0.1, 0.15) is 67.8 Å². The van der Waals surface area contributed by atoms with E-state index < -0.39 is 17.7 Å². The van der Waals surface area contributed by atoms with E-state index in [1.54, 1.807) is 23.1 Å². The van der Waals surface area contributed by atoms with E-state index in [1.165, 1.54) is 0 Å². The van der Waals surface area contributed by atoms with Gasteiger partial charge in [-0.05, 0) is 61.6 Å². The third-order valence-electron chi connectivity index (χ3n) is 5.94. The van der Waals surface area contributed by atoms with Crippen molar-refractivity contribution in [1.29, 1.82) is 0 Å². The van der Waals surface area contributed by atoms with Gasteiger partial charge in [0.15, 0.2) is 0 Å². The molecule has 0 bridgehead atoms. The number of benzene rings is 2. The molecule has 32 heavy (non-hydrogen) atoms. The third kappa shape index (κ3) is 4.72. The zero-order valence-corrected chi connectivity index (χ0v) is 19.5. The van der Waals surface area contributed by atoms with E-state index in [1.807, 2.05) is 45.0 Å². The Kier molecular flexibility index (Phi) is 7.73. The Bertz CT molecular complexity index is 1020. The quantitative estimate of drug-likeness (QED) is 0.237. The molecule has 0 spiro atoms. The van der Waals surface area contributed by atoms with Gasteiger partial charge in [0, 0.05) is 12.1 Å². The fraction of sp³-hybridized carbons (Fsp3) is 0.407. The minimum Gasteiger partial charge on any atom is -0.507 e. The van der Waals surface area contributed by atoms with Gasteiger partial charge in [-0.1, -0.05) is 51.0 Å². The number of likely N-dealkylation sites (tertiary alicyclic amines) is 1. The zero-order valence-electron chi connectivity index (χ0n) is 19.5. The third-order valence-corrected chi connectivity index (χ3v) is 5.94. The predicted octanol–water partition coefficient (Wildman–Crippen LogP) is 5.70. The van der Waals surface area contributed by atoms with Crippen molar-refractivity contribution < 1.29 is 19.4 Å². The van der Waals surface area contributed by atoms with Crippen LogP contribution in [-0.4, -0.2) is 34.8 Å². The zero-order chi connectivity index (χ0) is 23.3. The van der Waals surface area contributed by atoms with Crippen molar-refractivity contribution in [3.8, 4) is 5.75 Å². The molecule has 5 nitrogen and oxygen atoms in total. The molecule has 0 saturated carbocycles. The molecule has 1 aliphatic rings. The summed E-state index contributed by atoms with van der Waals surface area (Å²) < 4.78 is 5.74. The van der Waals surface area contributed by atoms with Gasteiger partial charge in [-0.3, -0.25) is 9.59 Å². The number of Topliss-reactive ketones (excluding diaryl/α,β-unsaturated/α-hetero) is 1. The first kappa shape index (κ1) is 23.6. The fourth-order valence-corrected chi connectivity index (χ4v) is 4.19. The van der Waals surface area contributed by atoms with E-state index in [0.29, 0.717) is 18.7 Å². The molecule has 1 saturated heterocycles. The summed E-state index contributed by atoms with van der Waals surface area (Å²) in [5.41, 5.74) is 3.38. The molecule has 1 heterocycles. The number of aliphatic hydroxyl groups is 1. The van der Waals surface area contributed by atoms with Crippen LogP contribution in [0.3, 0.4) is 0 Å². The maximum atomic E-state index is 13.1. The van der Waals surface area contributed by atoms with Crippen LogP contribution in [0.5, 0.6) is 5.75 Å². The summed E-state index contributed by atoms with van der Waals surface area (Å²) in [7, 11) is 0. The Morgan fingerprint density at radius 1 is 1.00 bits per heavy atom. The summed E-state index contributed by atoms with van der Waals surface area (Å²) in [5, 5.41) is 11.3. The molecule has 0 aliphatic carbocycles. The topological polar surface area (TPSA) is 66.8 Å². The number of hydrogen-bond acceptors (Lipinski definition) is 4. The molecule has 1 amide bonds. The summed E-state index contributed by atoms with van der Waals surface area (Å²) in [6.45, 7) is 9.11. The Hall–Kier alpha value is -3.08. The Balaban J connectivity index is 2.09. The number of aryl methyl sites for hydroxylation is 2. The van der Waals surface area contributed by atoms with Crippen LogP contribution >= 0.6 is 0 Å². The van der Waals surface area contributed by atoms with Gasteiger partial charge in [0.2, 0.25) is 0 Å². The summed E-state index contributed by atoms with van der Waals surface area (Å²) in [6.07, 6.45) is 3.71. The molecule has 1 N–H and O–H groups in total. The van der Waals surface area contributed by atoms with E-state index in [-0.39, 0.29) is 11.3 Å². The van der Waals surface area contributed by atoms with Crippen LogP contribution in [0.2, 0.25) is 0 Å². The predicted molar refractivity (Wildman–Crippen MR) is 127 cm³/mol. The van der Waals surface area contributed by atoms with Crippen molar-refractivity contribution in [3.05, 3.63) is 70.3 Å². The lowest BCUT2D eigenvalue weighted by atomic mass is 9.92. The van der Waals surface area contributed by atoms with E-state index in [9.17, 15) is 14.7 Å². The fourth-order valence-electron chi connectivity index (χ4n) is 4.19. The molecule has 1 fully saturated rings. The molecule has 0 radical (unpaired) electrons. The van der Waals surface area contributed by atoms with E-state index >= 15 is 0 Å². The van der Waals surface area contributed by atoms with Crippen LogP contribution in [0.15, 0.2) is 48.0 Å². The summed E-state index contributed by atoms with van der Waals surface area (Å²) in [6, 6.07) is 12.5. The average molecular weight is 436 g/mol. The molecule has 1 atom stereocenters. The van der Waals surface area contributed by atoms with Crippen LogP contribution in [0.4, 0.5) is 0 Å². The minimum absolute atomic E-state index is 0.139. The van der Waals surface area contributed by atoms with Crippen LogP contribution in [0.25, 0.3) is 5.76 Å². The van der Waals surface area contributed by atoms with Gasteiger partial charge in [-0.25, -0.2) is 0 Å². The first-order valence-corrected chi connectivity index (χ1v) is 11.5. The molecule has 0 aromatic heterocycles. The van der Waals surface area contributed by atoms with Gasteiger partial charge in [0.05, 0.1) is 18.2 Å². The van der Waals surface area contributed by atoms with E-state index in [2.05, 4.69) is 6.92 Å². The van der Waals surface area contributed by atoms with Crippen molar-refractivity contribution in [2.45, 2.75) is 59.4 Å². The number of hydrogen-bond donors (Lipinski definition) is 1. The minimum atomic E-state index is -0.629. The highest BCUT2D eigenvalue weighted by Crippen LogP contribution is 2.41. The van der Waals surface area contributed by atoms with Gasteiger partial charge in [-0.15, -0.1) is 0 Å². The largest absolute Gasteiger partial charge is 0.507 e. The summed E-state index contributed by atoms with van der Waals surface area (Å²) >= 11 is 0. The number of amides is 1. The SMILES string of the molecule is CCCCCN1C(=O)C(=O)/C(=C(/O)c2ccc(OCCC)c(C)c2)C1c1ccccc1C. The molecule has 2 aromatic rings. The monoisotopic (exact) mass is 435 g/mol. The summed E-state index contributed by atoms with van der Waals surface area (Å²) in [4.78, 5) is 27.7. The van der Waals surface area contributed by atoms with Gasteiger partial charge >= 0.3 is 0 Å². The van der Waals surface area contributed by atoms with E-state index in [0.717, 1.165) is 48.1 Å². The van der Waals surface area contributed by atoms with Gasteiger partial charge in [0.25, 0.3) is 11.7 Å². The highest BCUT2D eigenvalue weighted by Gasteiger charge is 2.46. The number of nitrogens with zero attached hydrogens (tertiary/aromatic N) is 1. The number of carbonyl (C=O) groups excluding carboxylic acids is 2. The number of carbonyl (C=O) groups is 2. The Morgan fingerprint density at radius 2 is 1.75 bits per heavy atom. The standard InChI is InChI=1S/C27H33NO4/c1-5-7-10-15-28-24(21-12-9-8-11-18(21)3)23(26(30)27(28)31)25(29)20-13-14-22(19(4)17-20)32-16-6-2/h8-9,11-14,17,24,29H,5-7,10,15-16H2,1-4H3/b25-23+. The number of rotatable bonds is 9. The second kappa shape index (κ2) is 10.5. The van der Waals surface area contributed by atoms with Crippen molar-refractivity contribution in [3.63, 3.8) is 0 Å². The lowest BCUT2D eigenvalue weighted by Crippen LogP contribution is -2.31. The molecule has 5 heteroatoms. The normalized spacial score (nSPS) is 17.8. The van der Waals surface area contributed by atoms with Crippen molar-refractivity contribution >= 4 is 17.4 Å². The van der Waals surface area contributed by atoms with Crippen LogP contribution < -0.4 is 4.74 Å². The second-order valence-electron chi connectivity index (χ2n) is 8.38. The first-order chi connectivity index (χ1) is 15.4. The number of aliphatic hydroxyl groups excluding tert-OH is 1. The Morgan fingerprint density at radius 3 is 2.41 bits per heavy atom.